The highest BCUT2D eigenvalue weighted by Crippen LogP contribution is 2.24. The molecule has 1 amide bonds. The van der Waals surface area contributed by atoms with E-state index in [2.05, 4.69) is 48.8 Å². The highest BCUT2D eigenvalue weighted by atomic mass is 79.9. The molecule has 0 saturated heterocycles. The highest BCUT2D eigenvalue weighted by Gasteiger charge is 2.31. The van der Waals surface area contributed by atoms with E-state index in [1.165, 1.54) is 6.07 Å². The fourth-order valence-corrected chi connectivity index (χ4v) is 3.62. The van der Waals surface area contributed by atoms with Gasteiger partial charge in [0.15, 0.2) is 5.69 Å². The molecule has 0 spiro atoms. The van der Waals surface area contributed by atoms with Gasteiger partial charge in [0.1, 0.15) is 5.82 Å². The Morgan fingerprint density at radius 3 is 2.94 bits per heavy atom. The molecule has 4 rings (SSSR count). The smallest absolute Gasteiger partial charge is 0.423 e. The van der Waals surface area contributed by atoms with Crippen molar-refractivity contribution in [3.8, 4) is 0 Å². The molecule has 2 aromatic carbocycles. The normalized spacial score (nSPS) is 12.4. The highest BCUT2D eigenvalue weighted by molar-refractivity contribution is 9.10. The summed E-state index contributed by atoms with van der Waals surface area (Å²) >= 11 is 3.13. The number of rotatable bonds is 8. The van der Waals surface area contributed by atoms with Crippen LogP contribution in [0.5, 0.6) is 0 Å². The van der Waals surface area contributed by atoms with Gasteiger partial charge in [-0.05, 0) is 56.1 Å². The lowest BCUT2D eigenvalue weighted by Crippen LogP contribution is -2.38. The summed E-state index contributed by atoms with van der Waals surface area (Å²) in [5, 5.41) is 26.4. The van der Waals surface area contributed by atoms with Crippen LogP contribution in [0.15, 0.2) is 52.1 Å². The number of carbonyl (C=O) groups is 1. The molecule has 0 fully saturated rings. The molecular weight excluding hydrogens is 484 g/mol. The second kappa shape index (κ2) is 9.51. The molecule has 0 aliphatic carbocycles. The summed E-state index contributed by atoms with van der Waals surface area (Å²) in [5.41, 5.74) is 3.00. The van der Waals surface area contributed by atoms with E-state index in [1.807, 2.05) is 6.07 Å². The van der Waals surface area contributed by atoms with Gasteiger partial charge in [-0.3, -0.25) is 4.79 Å². The van der Waals surface area contributed by atoms with Gasteiger partial charge < -0.3 is 25.6 Å². The first-order valence-corrected chi connectivity index (χ1v) is 10.4. The number of carbonyl (C=O) groups excluding carboxylic acids is 1. The molecule has 0 bridgehead atoms. The van der Waals surface area contributed by atoms with Crippen LogP contribution in [-0.4, -0.2) is 41.5 Å². The van der Waals surface area contributed by atoms with Crippen molar-refractivity contribution in [3.05, 3.63) is 70.1 Å². The minimum absolute atomic E-state index is 0.272. The number of anilines is 2. The van der Waals surface area contributed by atoms with Crippen molar-refractivity contribution in [3.63, 3.8) is 0 Å². The average Bonchev–Trinajstić information content (AvgIpc) is 3.40. The van der Waals surface area contributed by atoms with Crippen LogP contribution in [0.4, 0.5) is 15.9 Å². The van der Waals surface area contributed by atoms with E-state index in [-0.39, 0.29) is 24.9 Å². The topological polar surface area (TPSA) is 122 Å². The molecule has 0 unspecified atom stereocenters. The molecule has 9 nitrogen and oxygen atoms in total. The fraction of sp³-hybridized carbons (Fsp3) is 0.150. The Morgan fingerprint density at radius 1 is 1.28 bits per heavy atom. The van der Waals surface area contributed by atoms with E-state index in [0.717, 1.165) is 5.56 Å². The Labute approximate surface area is 191 Å². The maximum atomic E-state index is 13.4. The van der Waals surface area contributed by atoms with E-state index in [9.17, 15) is 14.2 Å². The summed E-state index contributed by atoms with van der Waals surface area (Å²) in [6.07, 6.45) is 0. The molecule has 1 aliphatic rings. The molecule has 0 saturated carbocycles. The second-order valence-electron chi connectivity index (χ2n) is 6.92. The van der Waals surface area contributed by atoms with Crippen LogP contribution in [-0.2, 0) is 11.3 Å². The van der Waals surface area contributed by atoms with Gasteiger partial charge in [0.2, 0.25) is 5.82 Å². The molecule has 1 aliphatic heterocycles. The molecule has 164 valence electrons. The number of benzene rings is 2. The molecule has 0 atom stereocenters. The largest absolute Gasteiger partial charge is 0.492 e. The molecular formula is C20H18BBrFN5O4. The first kappa shape index (κ1) is 22.0. The lowest BCUT2D eigenvalue weighted by atomic mass is 9.76. The molecule has 32 heavy (non-hydrogen) atoms. The number of aromatic nitrogens is 2. The maximum Gasteiger partial charge on any atom is 0.492 e. The number of hydrogen-bond acceptors (Lipinski definition) is 8. The van der Waals surface area contributed by atoms with Gasteiger partial charge >= 0.3 is 7.12 Å². The summed E-state index contributed by atoms with van der Waals surface area (Å²) in [7, 11) is -1.10. The number of fused-ring (bicyclic) bond motifs is 1. The van der Waals surface area contributed by atoms with Crippen LogP contribution in [0.1, 0.15) is 21.6 Å². The van der Waals surface area contributed by atoms with Gasteiger partial charge in [0.05, 0.1) is 16.8 Å². The average molecular weight is 502 g/mol. The quantitative estimate of drug-likeness (QED) is 0.273. The van der Waals surface area contributed by atoms with Crippen LogP contribution in [0.2, 0.25) is 0 Å². The summed E-state index contributed by atoms with van der Waals surface area (Å²) in [6, 6.07) is 9.65. The summed E-state index contributed by atoms with van der Waals surface area (Å²) in [5.74, 6) is -0.363. The minimum Gasteiger partial charge on any atom is -0.423 e. The standard InChI is InChI=1S/C20H18BBrFN5O4/c1-11(26-13-5-6-16(23)15(22)9-13)18-19(28-32-27-18)24-7-8-25-20(29)14-4-2-3-12-10-31-21(30)17(12)14/h2-6,9,26,30H,1,7-8,10H2,(H,24,28)(H,25,29). The Hall–Kier alpha value is -3.22. The minimum atomic E-state index is -1.10. The third-order valence-corrected chi connectivity index (χ3v) is 5.38. The lowest BCUT2D eigenvalue weighted by molar-refractivity contribution is 0.0956. The molecule has 0 radical (unpaired) electrons. The molecule has 1 aromatic heterocycles. The van der Waals surface area contributed by atoms with Crippen LogP contribution in [0, 0.1) is 5.82 Å². The zero-order valence-electron chi connectivity index (χ0n) is 16.7. The van der Waals surface area contributed by atoms with Crippen LogP contribution in [0.3, 0.4) is 0 Å². The Morgan fingerprint density at radius 2 is 2.12 bits per heavy atom. The van der Waals surface area contributed by atoms with Gasteiger partial charge in [-0.1, -0.05) is 18.7 Å². The van der Waals surface area contributed by atoms with Crippen LogP contribution in [0.25, 0.3) is 5.70 Å². The van der Waals surface area contributed by atoms with Crippen LogP contribution < -0.4 is 21.4 Å². The van der Waals surface area contributed by atoms with Gasteiger partial charge in [0, 0.05) is 29.8 Å². The van der Waals surface area contributed by atoms with Crippen molar-refractivity contribution in [2.24, 2.45) is 0 Å². The van der Waals surface area contributed by atoms with Crippen molar-refractivity contribution in [1.82, 2.24) is 15.6 Å². The Balaban J connectivity index is 1.32. The summed E-state index contributed by atoms with van der Waals surface area (Å²) in [4.78, 5) is 12.5. The Bertz CT molecular complexity index is 1170. The van der Waals surface area contributed by atoms with Gasteiger partial charge in [0.25, 0.3) is 5.91 Å². The predicted octanol–water partition coefficient (Wildman–Crippen LogP) is 2.11. The van der Waals surface area contributed by atoms with E-state index in [1.54, 1.807) is 24.3 Å². The van der Waals surface area contributed by atoms with Crippen molar-refractivity contribution in [2.75, 3.05) is 23.7 Å². The predicted molar refractivity (Wildman–Crippen MR) is 121 cm³/mol. The van der Waals surface area contributed by atoms with E-state index < -0.39 is 7.12 Å². The SMILES string of the molecule is C=C(Nc1ccc(F)c(Br)c1)c1nonc1NCCNC(=O)c1cccc2c1B(O)OC2. The van der Waals surface area contributed by atoms with E-state index in [0.29, 0.717) is 44.9 Å². The van der Waals surface area contributed by atoms with Crippen molar-refractivity contribution >= 4 is 51.6 Å². The van der Waals surface area contributed by atoms with Gasteiger partial charge in [-0.2, -0.15) is 0 Å². The maximum absolute atomic E-state index is 13.4. The zero-order chi connectivity index (χ0) is 22.7. The van der Waals surface area contributed by atoms with Crippen molar-refractivity contribution in [1.29, 1.82) is 0 Å². The first-order chi connectivity index (χ1) is 15.4. The number of amides is 1. The number of halogens is 2. The van der Waals surface area contributed by atoms with Crippen molar-refractivity contribution < 1.29 is 23.5 Å². The first-order valence-electron chi connectivity index (χ1n) is 9.61. The molecule has 12 heteroatoms. The number of nitrogens with one attached hydrogen (secondary N) is 3. The number of hydrogen-bond donors (Lipinski definition) is 4. The van der Waals surface area contributed by atoms with E-state index in [4.69, 9.17) is 9.28 Å². The third kappa shape index (κ3) is 4.67. The molecule has 4 N–H and O–H groups in total. The van der Waals surface area contributed by atoms with E-state index >= 15 is 0 Å². The fourth-order valence-electron chi connectivity index (χ4n) is 3.24. The monoisotopic (exact) mass is 501 g/mol. The van der Waals surface area contributed by atoms with Crippen LogP contribution >= 0.6 is 15.9 Å². The van der Waals surface area contributed by atoms with Gasteiger partial charge in [-0.15, -0.1) is 0 Å². The molecule has 3 aromatic rings. The third-order valence-electron chi connectivity index (χ3n) is 4.78. The second-order valence-corrected chi connectivity index (χ2v) is 7.77. The molecule has 2 heterocycles. The van der Waals surface area contributed by atoms with Crippen molar-refractivity contribution in [2.45, 2.75) is 6.61 Å². The Kier molecular flexibility index (Phi) is 6.54. The lowest BCUT2D eigenvalue weighted by Gasteiger charge is -2.11. The van der Waals surface area contributed by atoms with Gasteiger partial charge in [-0.25, -0.2) is 9.02 Å². The number of nitrogens with zero attached hydrogens (tertiary/aromatic N) is 2. The summed E-state index contributed by atoms with van der Waals surface area (Å²) < 4.78 is 23.7. The zero-order valence-corrected chi connectivity index (χ0v) is 18.3. The summed E-state index contributed by atoms with van der Waals surface area (Å²) in [6.45, 7) is 4.79.